The van der Waals surface area contributed by atoms with E-state index in [9.17, 15) is 24.6 Å². The number of amides is 1. The lowest BCUT2D eigenvalue weighted by atomic mass is 10.0. The van der Waals surface area contributed by atoms with E-state index in [0.717, 1.165) is 0 Å². The lowest BCUT2D eigenvalue weighted by Crippen LogP contribution is -2.57. The molecule has 4 aromatic carbocycles. The number of ether oxygens (including phenoxy) is 1. The van der Waals surface area contributed by atoms with Gasteiger partial charge >= 0.3 is 11.9 Å². The number of benzene rings is 4. The Hall–Kier alpha value is -6.49. The summed E-state index contributed by atoms with van der Waals surface area (Å²) >= 11 is 18.5. The number of nitrogens with one attached hydrogen (secondary N) is 2. The van der Waals surface area contributed by atoms with E-state index >= 15 is 0 Å². The number of aromatic nitrogens is 8. The summed E-state index contributed by atoms with van der Waals surface area (Å²) in [5.74, 6) is -2.35. The zero-order chi connectivity index (χ0) is 41.5. The number of likely N-dealkylation sites (N-methyl/N-ethyl adjacent to an activating group) is 2. The van der Waals surface area contributed by atoms with Crippen molar-refractivity contribution in [3.8, 4) is 17.1 Å². The van der Waals surface area contributed by atoms with Crippen molar-refractivity contribution < 1.29 is 29.3 Å². The van der Waals surface area contributed by atoms with Crippen LogP contribution in [0.15, 0.2) is 97.1 Å². The van der Waals surface area contributed by atoms with Gasteiger partial charge in [-0.15, -0.1) is 35.5 Å². The van der Waals surface area contributed by atoms with E-state index in [1.165, 1.54) is 39.3 Å². The van der Waals surface area contributed by atoms with Crippen LogP contribution in [0.1, 0.15) is 22.0 Å². The van der Waals surface area contributed by atoms with E-state index in [-0.39, 0.29) is 32.2 Å². The minimum Gasteiger partial charge on any atom is -0.480 e. The summed E-state index contributed by atoms with van der Waals surface area (Å²) < 4.78 is 9.17. The Bertz CT molecular complexity index is 2520. The van der Waals surface area contributed by atoms with Gasteiger partial charge in [0, 0.05) is 48.5 Å². The molecular weight excluding hydrogens is 825 g/mol. The number of nitrogens with zero attached hydrogens (tertiary/aromatic N) is 10. The maximum Gasteiger partial charge on any atom is 0.329 e. The molecule has 6 aromatic rings. The fourth-order valence-electron chi connectivity index (χ4n) is 5.86. The van der Waals surface area contributed by atoms with E-state index in [2.05, 4.69) is 66.9 Å². The smallest absolute Gasteiger partial charge is 0.329 e. The number of thiol groups is 2. The van der Waals surface area contributed by atoms with Gasteiger partial charge in [0.1, 0.15) is 14.1 Å². The van der Waals surface area contributed by atoms with Crippen LogP contribution in [0.2, 0.25) is 0 Å². The van der Waals surface area contributed by atoms with E-state index in [0.29, 0.717) is 40.0 Å². The summed E-state index contributed by atoms with van der Waals surface area (Å²) in [7, 11) is 2.93. The predicted molar refractivity (Wildman–Crippen MR) is 229 cm³/mol. The molecule has 6 rings (SSSR count). The Morgan fingerprint density at radius 1 is 0.724 bits per heavy atom. The molecule has 0 bridgehead atoms. The molecule has 2 unspecified atom stereocenters. The van der Waals surface area contributed by atoms with Gasteiger partial charge in [0.25, 0.3) is 5.91 Å². The number of carbonyl (C=O) groups is 3. The highest BCUT2D eigenvalue weighted by Crippen LogP contribution is 2.27. The second kappa shape index (κ2) is 18.2. The first-order valence-electron chi connectivity index (χ1n) is 16.9. The Morgan fingerprint density at radius 2 is 1.22 bits per heavy atom. The maximum absolute atomic E-state index is 13.4. The largest absolute Gasteiger partial charge is 0.480 e. The molecule has 4 N–H and O–H groups in total. The average Bonchev–Trinajstić information content (AvgIpc) is 3.91. The van der Waals surface area contributed by atoms with E-state index < -0.39 is 29.9 Å². The van der Waals surface area contributed by atoms with Crippen molar-refractivity contribution in [3.63, 3.8) is 0 Å². The second-order valence-electron chi connectivity index (χ2n) is 12.3. The first kappa shape index (κ1) is 41.2. The number of anilines is 4. The van der Waals surface area contributed by atoms with E-state index in [1.807, 2.05) is 6.07 Å². The Kier molecular flexibility index (Phi) is 12.9. The van der Waals surface area contributed by atoms with Gasteiger partial charge < -0.3 is 35.4 Å². The summed E-state index contributed by atoms with van der Waals surface area (Å²) in [4.78, 5) is 41.8. The molecule has 58 heavy (non-hydrogen) atoms. The van der Waals surface area contributed by atoms with Crippen molar-refractivity contribution in [2.75, 3.05) is 41.3 Å². The summed E-state index contributed by atoms with van der Waals surface area (Å²) in [6.45, 7) is 0.0210. The molecule has 0 saturated carbocycles. The van der Waals surface area contributed by atoms with Gasteiger partial charge in [0.15, 0.2) is 18.8 Å². The molecule has 0 spiro atoms. The van der Waals surface area contributed by atoms with Crippen LogP contribution in [0.5, 0.6) is 5.75 Å². The number of hydrogen-bond acceptors (Lipinski definition) is 15. The van der Waals surface area contributed by atoms with Gasteiger partial charge in [0.2, 0.25) is 11.6 Å². The molecule has 0 saturated heterocycles. The topological polar surface area (TPSA) is 219 Å². The Balaban J connectivity index is 1.15. The lowest BCUT2D eigenvalue weighted by molar-refractivity contribution is -0.146. The van der Waals surface area contributed by atoms with Gasteiger partial charge in [-0.2, -0.15) is 9.36 Å². The maximum atomic E-state index is 13.4. The fraction of sp³-hybridized carbons (Fsp3) is 0.139. The van der Waals surface area contributed by atoms with E-state index in [4.69, 9.17) is 29.2 Å². The Morgan fingerprint density at radius 3 is 1.78 bits per heavy atom. The highest BCUT2D eigenvalue weighted by atomic mass is 32.1. The average molecular weight is 857 g/mol. The second-order valence-corrected chi connectivity index (χ2v) is 14.6. The molecule has 1 amide bonds. The van der Waals surface area contributed by atoms with Crippen LogP contribution in [-0.2, 0) is 9.59 Å². The third kappa shape index (κ3) is 9.37. The molecule has 0 aliphatic carbocycles. The highest BCUT2D eigenvalue weighted by Gasteiger charge is 2.40. The van der Waals surface area contributed by atoms with Crippen LogP contribution < -0.4 is 25.2 Å². The molecule has 296 valence electrons. The summed E-state index contributed by atoms with van der Waals surface area (Å²) in [6.07, 6.45) is 0. The molecule has 18 nitrogen and oxygen atoms in total. The molecule has 2 heterocycles. The molecule has 0 radical (unpaired) electrons. The van der Waals surface area contributed by atoms with Crippen LogP contribution in [-0.4, -0.2) is 110 Å². The predicted octanol–water partition coefficient (Wildman–Crippen LogP) is 4.03. The summed E-state index contributed by atoms with van der Waals surface area (Å²) in [5.41, 5.74) is 3.09. The number of tetrazole rings is 2. The molecule has 0 aliphatic rings. The molecule has 2 aromatic heterocycles. The zero-order valence-electron chi connectivity index (χ0n) is 30.3. The third-order valence-corrected chi connectivity index (χ3v) is 9.42. The molecule has 0 aliphatic heterocycles. The molecule has 22 heteroatoms. The van der Waals surface area contributed by atoms with Gasteiger partial charge in [-0.25, -0.2) is 9.59 Å². The molecular formula is C36H32N12O6S4. The van der Waals surface area contributed by atoms with Gasteiger partial charge in [0.05, 0.1) is 11.4 Å². The first-order valence-corrected chi connectivity index (χ1v) is 18.6. The standard InChI is InChI=1S/C36H32N12O6S4/c1-45(23-10-3-7-20(15-23)32(49)38-22-9-5-13-26(17-22)48-31(36(57)58)40-42-44-48)28(33(50)51)29(34(52)53)46(2)24-11-6-14-27(18-24)54-19-37-21-8-4-12-25(16-21)47-30(35(55)56)39-41-43-47/h3-18,28-29,37H,19H2,1-2H3,(H,38,49)(H,50,51)(H,52,53)(H,55,56)(H,57,58). The van der Waals surface area contributed by atoms with Crippen molar-refractivity contribution >= 4 is 98.7 Å². The van der Waals surface area contributed by atoms with Crippen LogP contribution in [0.25, 0.3) is 11.4 Å². The SMILES string of the molecule is CN(c1cccc(OCNc2cccc(-n3nnnc3C(=S)S)c2)c1)C(C(=O)O)C(C(=O)O)N(C)c1cccc(C(=O)Nc2cccc(-n3nnnc3C(=S)S)c2)c1. The van der Waals surface area contributed by atoms with Crippen molar-refractivity contribution in [3.05, 3.63) is 114 Å². The van der Waals surface area contributed by atoms with Crippen molar-refractivity contribution in [1.82, 2.24) is 40.4 Å². The van der Waals surface area contributed by atoms with Gasteiger partial charge in [-0.3, -0.25) is 4.79 Å². The molecule has 2 atom stereocenters. The zero-order valence-corrected chi connectivity index (χ0v) is 33.7. The number of carboxylic acid groups (broad SMARTS) is 2. The first-order chi connectivity index (χ1) is 27.8. The normalized spacial score (nSPS) is 11.9. The number of rotatable bonds is 17. The minimum absolute atomic E-state index is 0.0210. The summed E-state index contributed by atoms with van der Waals surface area (Å²) in [6, 6.07) is 23.5. The number of carbonyl (C=O) groups excluding carboxylic acids is 1. The van der Waals surface area contributed by atoms with Gasteiger partial charge in [-0.05, 0) is 87.6 Å². The number of thiocarbonyl (C=S) groups is 2. The summed E-state index contributed by atoms with van der Waals surface area (Å²) in [5, 5.41) is 49.8. The monoisotopic (exact) mass is 856 g/mol. The fourth-order valence-corrected chi connectivity index (χ4v) is 6.40. The van der Waals surface area contributed by atoms with Crippen molar-refractivity contribution in [1.29, 1.82) is 0 Å². The van der Waals surface area contributed by atoms with Crippen molar-refractivity contribution in [2.45, 2.75) is 12.1 Å². The molecule has 0 fully saturated rings. The lowest BCUT2D eigenvalue weighted by Gasteiger charge is -2.36. The number of aliphatic carboxylic acids is 2. The van der Waals surface area contributed by atoms with E-state index in [1.54, 1.807) is 84.9 Å². The van der Waals surface area contributed by atoms with Crippen LogP contribution in [0.4, 0.5) is 22.7 Å². The quantitative estimate of drug-likeness (QED) is 0.0434. The number of hydrogen-bond donors (Lipinski definition) is 6. The number of carboxylic acids is 2. The van der Waals surface area contributed by atoms with Crippen LogP contribution >= 0.6 is 49.7 Å². The minimum atomic E-state index is -1.61. The third-order valence-electron chi connectivity index (χ3n) is 8.66. The highest BCUT2D eigenvalue weighted by molar-refractivity contribution is 8.12. The van der Waals surface area contributed by atoms with Gasteiger partial charge in [-0.1, -0.05) is 48.7 Å². The Labute approximate surface area is 351 Å². The van der Waals surface area contributed by atoms with Crippen LogP contribution in [0, 0.1) is 0 Å². The van der Waals surface area contributed by atoms with Crippen LogP contribution in [0.3, 0.4) is 0 Å². The van der Waals surface area contributed by atoms with Crippen molar-refractivity contribution in [2.24, 2.45) is 0 Å².